The molecule has 3 N–H and O–H groups in total. The fraction of sp³-hybridized carbons (Fsp3) is 0.526. The van der Waals surface area contributed by atoms with Crippen molar-refractivity contribution >= 4 is 17.8 Å². The molecule has 3 heterocycles. The largest absolute Gasteiger partial charge is 0.354 e. The van der Waals surface area contributed by atoms with E-state index in [2.05, 4.69) is 10.6 Å². The van der Waals surface area contributed by atoms with Gasteiger partial charge in [-0.05, 0) is 18.4 Å². The quantitative estimate of drug-likeness (QED) is 0.738. The summed E-state index contributed by atoms with van der Waals surface area (Å²) >= 11 is 0. The number of amides is 2. The maximum Gasteiger partial charge on any atom is 0.227 e. The molecule has 7 heteroatoms. The number of nitrogens with one attached hydrogen (secondary N) is 3. The zero-order valence-corrected chi connectivity index (χ0v) is 14.8. The Labute approximate surface area is 153 Å². The monoisotopic (exact) mass is 355 g/mol. The van der Waals surface area contributed by atoms with Gasteiger partial charge in [0.1, 0.15) is 0 Å². The van der Waals surface area contributed by atoms with E-state index in [0.29, 0.717) is 38.6 Å². The zero-order valence-electron chi connectivity index (χ0n) is 14.8. The maximum atomic E-state index is 12.9. The number of guanidine groups is 1. The van der Waals surface area contributed by atoms with Crippen LogP contribution in [0.3, 0.4) is 0 Å². The lowest BCUT2D eigenvalue weighted by Gasteiger charge is -2.39. The lowest BCUT2D eigenvalue weighted by Crippen LogP contribution is -2.54. The fourth-order valence-corrected chi connectivity index (χ4v) is 4.22. The van der Waals surface area contributed by atoms with Gasteiger partial charge in [0.05, 0.1) is 11.5 Å². The summed E-state index contributed by atoms with van der Waals surface area (Å²) in [6, 6.07) is 9.90. The molecule has 1 unspecified atom stereocenters. The lowest BCUT2D eigenvalue weighted by molar-refractivity contribution is -0.137. The Bertz CT molecular complexity index is 712. The first kappa shape index (κ1) is 16.9. The van der Waals surface area contributed by atoms with Crippen molar-refractivity contribution in [3.63, 3.8) is 0 Å². The summed E-state index contributed by atoms with van der Waals surface area (Å²) in [6.45, 7) is 3.21. The maximum absolute atomic E-state index is 12.9. The standard InChI is InChI=1S/C19H25N5O2/c20-18-21-13-19(22-18)6-8-23(9-7-19)17(26)15-10-16(25)24(12-15)11-14-4-2-1-3-5-14/h1-5,15H,6-13H2,(H3,20,21,22). The minimum atomic E-state index is -0.228. The van der Waals surface area contributed by atoms with E-state index in [1.807, 2.05) is 35.2 Å². The van der Waals surface area contributed by atoms with Crippen LogP contribution in [-0.4, -0.2) is 59.3 Å². The van der Waals surface area contributed by atoms with Crippen LogP contribution in [0.15, 0.2) is 30.3 Å². The molecule has 138 valence electrons. The number of likely N-dealkylation sites (tertiary alicyclic amines) is 2. The lowest BCUT2D eigenvalue weighted by atomic mass is 9.88. The Hall–Kier alpha value is -2.57. The molecule has 1 aromatic rings. The van der Waals surface area contributed by atoms with Gasteiger partial charge in [-0.25, -0.2) is 0 Å². The average Bonchev–Trinajstić information content (AvgIpc) is 3.19. The minimum Gasteiger partial charge on any atom is -0.354 e. The second-order valence-electron chi connectivity index (χ2n) is 7.62. The molecule has 3 fully saturated rings. The van der Waals surface area contributed by atoms with Crippen molar-refractivity contribution in [2.45, 2.75) is 31.3 Å². The van der Waals surface area contributed by atoms with Gasteiger partial charge in [-0.2, -0.15) is 0 Å². The van der Waals surface area contributed by atoms with Gasteiger partial charge < -0.3 is 20.4 Å². The average molecular weight is 355 g/mol. The van der Waals surface area contributed by atoms with Crippen LogP contribution in [-0.2, 0) is 16.1 Å². The van der Waals surface area contributed by atoms with Crippen molar-refractivity contribution in [2.24, 2.45) is 5.92 Å². The normalized spacial score (nSPS) is 24.7. The first-order chi connectivity index (χ1) is 12.5. The van der Waals surface area contributed by atoms with Crippen molar-refractivity contribution in [1.82, 2.24) is 20.4 Å². The number of piperidine rings is 1. The highest BCUT2D eigenvalue weighted by molar-refractivity contribution is 5.89. The Morgan fingerprint density at radius 1 is 1.23 bits per heavy atom. The number of nitrogens with zero attached hydrogens (tertiary/aromatic N) is 2. The second-order valence-corrected chi connectivity index (χ2v) is 7.62. The molecule has 1 spiro atoms. The van der Waals surface area contributed by atoms with Crippen LogP contribution in [0.5, 0.6) is 0 Å². The molecule has 0 bridgehead atoms. The van der Waals surface area contributed by atoms with Crippen LogP contribution in [0, 0.1) is 11.3 Å². The summed E-state index contributed by atoms with van der Waals surface area (Å²) in [5, 5.41) is 13.9. The summed E-state index contributed by atoms with van der Waals surface area (Å²) in [7, 11) is 0. The van der Waals surface area contributed by atoms with Gasteiger partial charge in [0.2, 0.25) is 11.8 Å². The van der Waals surface area contributed by atoms with E-state index in [1.54, 1.807) is 4.90 Å². The van der Waals surface area contributed by atoms with Crippen LogP contribution < -0.4 is 10.6 Å². The highest BCUT2D eigenvalue weighted by atomic mass is 16.2. The minimum absolute atomic E-state index is 0.0655. The van der Waals surface area contributed by atoms with E-state index < -0.39 is 0 Å². The first-order valence-electron chi connectivity index (χ1n) is 9.26. The third-order valence-electron chi connectivity index (χ3n) is 5.81. The molecular formula is C19H25N5O2. The number of rotatable bonds is 3. The Morgan fingerprint density at radius 3 is 2.62 bits per heavy atom. The van der Waals surface area contributed by atoms with Crippen LogP contribution in [0.2, 0.25) is 0 Å². The summed E-state index contributed by atoms with van der Waals surface area (Å²) < 4.78 is 0. The van der Waals surface area contributed by atoms with E-state index in [0.717, 1.165) is 24.9 Å². The molecule has 1 atom stereocenters. The fourth-order valence-electron chi connectivity index (χ4n) is 4.22. The Morgan fingerprint density at radius 2 is 1.96 bits per heavy atom. The third-order valence-corrected chi connectivity index (χ3v) is 5.81. The summed E-state index contributed by atoms with van der Waals surface area (Å²) in [5.41, 5.74) is 1.01. The summed E-state index contributed by atoms with van der Waals surface area (Å²) in [6.07, 6.45) is 1.99. The number of benzene rings is 1. The Balaban J connectivity index is 1.33. The topological polar surface area (TPSA) is 88.5 Å². The predicted octanol–water partition coefficient (Wildman–Crippen LogP) is 0.524. The molecule has 1 aromatic carbocycles. The molecule has 3 aliphatic rings. The number of carbonyl (C=O) groups is 2. The first-order valence-corrected chi connectivity index (χ1v) is 9.26. The number of hydrogen-bond donors (Lipinski definition) is 3. The molecule has 3 saturated heterocycles. The molecule has 4 rings (SSSR count). The molecular weight excluding hydrogens is 330 g/mol. The number of carbonyl (C=O) groups excluding carboxylic acids is 2. The van der Waals surface area contributed by atoms with E-state index in [1.165, 1.54) is 0 Å². The third kappa shape index (κ3) is 3.25. The SMILES string of the molecule is N=C1NCC2(CCN(C(=O)C3CC(=O)N(Cc4ccccc4)C3)CC2)N1. The van der Waals surface area contributed by atoms with Crippen LogP contribution in [0.4, 0.5) is 0 Å². The second kappa shape index (κ2) is 6.63. The van der Waals surface area contributed by atoms with Crippen LogP contribution in [0.1, 0.15) is 24.8 Å². The van der Waals surface area contributed by atoms with Gasteiger partial charge in [0, 0.05) is 39.1 Å². The Kier molecular flexibility index (Phi) is 4.30. The van der Waals surface area contributed by atoms with Crippen molar-refractivity contribution in [2.75, 3.05) is 26.2 Å². The van der Waals surface area contributed by atoms with Crippen LogP contribution in [0.25, 0.3) is 0 Å². The van der Waals surface area contributed by atoms with E-state index >= 15 is 0 Å². The van der Waals surface area contributed by atoms with Crippen LogP contribution >= 0.6 is 0 Å². The van der Waals surface area contributed by atoms with Gasteiger partial charge in [-0.3, -0.25) is 15.0 Å². The van der Waals surface area contributed by atoms with E-state index in [-0.39, 0.29) is 23.3 Å². The van der Waals surface area contributed by atoms with Crippen molar-refractivity contribution < 1.29 is 9.59 Å². The summed E-state index contributed by atoms with van der Waals surface area (Å²) in [5.74, 6) is 0.316. The van der Waals surface area contributed by atoms with E-state index in [4.69, 9.17) is 5.41 Å². The number of hydrogen-bond acceptors (Lipinski definition) is 3. The molecule has 0 aromatic heterocycles. The van der Waals surface area contributed by atoms with E-state index in [9.17, 15) is 9.59 Å². The van der Waals surface area contributed by atoms with Crippen molar-refractivity contribution in [3.8, 4) is 0 Å². The van der Waals surface area contributed by atoms with Gasteiger partial charge in [-0.1, -0.05) is 30.3 Å². The highest BCUT2D eigenvalue weighted by Gasteiger charge is 2.42. The zero-order chi connectivity index (χ0) is 18.1. The van der Waals surface area contributed by atoms with Crippen molar-refractivity contribution in [1.29, 1.82) is 5.41 Å². The molecule has 0 saturated carbocycles. The molecule has 26 heavy (non-hydrogen) atoms. The molecule has 2 amide bonds. The predicted molar refractivity (Wildman–Crippen MR) is 97.4 cm³/mol. The van der Waals surface area contributed by atoms with Gasteiger partial charge in [0.15, 0.2) is 5.96 Å². The smallest absolute Gasteiger partial charge is 0.227 e. The van der Waals surface area contributed by atoms with Crippen molar-refractivity contribution in [3.05, 3.63) is 35.9 Å². The molecule has 7 nitrogen and oxygen atoms in total. The summed E-state index contributed by atoms with van der Waals surface area (Å²) in [4.78, 5) is 28.9. The van der Waals surface area contributed by atoms with Gasteiger partial charge in [0.25, 0.3) is 0 Å². The molecule has 0 radical (unpaired) electrons. The van der Waals surface area contributed by atoms with Gasteiger partial charge in [-0.15, -0.1) is 0 Å². The van der Waals surface area contributed by atoms with Gasteiger partial charge >= 0.3 is 0 Å². The molecule has 3 aliphatic heterocycles. The highest BCUT2D eigenvalue weighted by Crippen LogP contribution is 2.28. The molecule has 0 aliphatic carbocycles.